The van der Waals surface area contributed by atoms with Gasteiger partial charge in [-0.1, -0.05) is 308 Å². The zero-order valence-electron chi connectivity index (χ0n) is 50.1. The van der Waals surface area contributed by atoms with Crippen molar-refractivity contribution in [1.29, 1.82) is 0 Å². The third kappa shape index (κ3) is 60.8. The molecule has 0 aromatic rings. The van der Waals surface area contributed by atoms with Crippen molar-refractivity contribution < 1.29 is 28.6 Å². The number of hydrogen-bond acceptors (Lipinski definition) is 6. The molecule has 1 unspecified atom stereocenters. The molecule has 0 fully saturated rings. The van der Waals surface area contributed by atoms with Crippen LogP contribution >= 0.6 is 0 Å². The first-order chi connectivity index (χ1) is 36.5. The fourth-order valence-corrected chi connectivity index (χ4v) is 10.1. The van der Waals surface area contributed by atoms with E-state index in [1.165, 1.54) is 263 Å². The Kier molecular flexibility index (Phi) is 61.6. The zero-order chi connectivity index (χ0) is 53.6. The lowest BCUT2D eigenvalue weighted by Gasteiger charge is -2.18. The van der Waals surface area contributed by atoms with E-state index in [2.05, 4.69) is 45.1 Å². The monoisotopic (exact) mass is 1040 g/mol. The van der Waals surface area contributed by atoms with Crippen molar-refractivity contribution in [3.63, 3.8) is 0 Å². The summed E-state index contributed by atoms with van der Waals surface area (Å²) in [6, 6.07) is 0. The Bertz CT molecular complexity index is 1190. The van der Waals surface area contributed by atoms with E-state index in [-0.39, 0.29) is 31.1 Å². The van der Waals surface area contributed by atoms with Gasteiger partial charge in [0.15, 0.2) is 6.10 Å². The second-order valence-electron chi connectivity index (χ2n) is 22.7. The topological polar surface area (TPSA) is 78.9 Å². The van der Waals surface area contributed by atoms with Crippen molar-refractivity contribution in [2.24, 2.45) is 0 Å². The summed E-state index contributed by atoms with van der Waals surface area (Å²) >= 11 is 0. The average molecular weight is 1040 g/mol. The zero-order valence-corrected chi connectivity index (χ0v) is 50.1. The maximum absolute atomic E-state index is 12.9. The first-order valence-electron chi connectivity index (χ1n) is 33.3. The molecule has 0 spiro atoms. The number of ether oxygens (including phenoxy) is 3. The highest BCUT2D eigenvalue weighted by Gasteiger charge is 2.19. The van der Waals surface area contributed by atoms with Crippen LogP contribution in [0.15, 0.2) is 24.3 Å². The van der Waals surface area contributed by atoms with Gasteiger partial charge in [-0.05, 0) is 70.6 Å². The maximum Gasteiger partial charge on any atom is 0.306 e. The van der Waals surface area contributed by atoms with Gasteiger partial charge >= 0.3 is 17.9 Å². The first kappa shape index (κ1) is 71.9. The molecule has 6 heteroatoms. The Labute approximate surface area is 462 Å². The van der Waals surface area contributed by atoms with Crippen molar-refractivity contribution >= 4 is 17.9 Å². The molecule has 0 aromatic heterocycles. The fourth-order valence-electron chi connectivity index (χ4n) is 10.1. The molecule has 0 amide bonds. The van der Waals surface area contributed by atoms with Gasteiger partial charge in [0.25, 0.3) is 0 Å². The van der Waals surface area contributed by atoms with E-state index in [9.17, 15) is 14.4 Å². The summed E-state index contributed by atoms with van der Waals surface area (Å²) < 4.78 is 16.9. The molecule has 0 radical (unpaired) electrons. The number of rotatable bonds is 62. The summed E-state index contributed by atoms with van der Waals surface area (Å²) in [4.78, 5) is 38.3. The summed E-state index contributed by atoms with van der Waals surface area (Å²) in [7, 11) is 0. The standard InChI is InChI=1S/C68H128O6/c1-4-7-10-13-16-19-22-25-28-30-31-32-33-34-35-36-37-38-39-41-43-46-49-52-55-58-61-67(70)73-64-65(63-72-66(69)60-57-54-51-48-45-42-27-24-21-18-15-12-9-6-3)74-68(71)62-59-56-53-50-47-44-40-29-26-23-20-17-14-11-8-5-2/h24,27,29,40,65H,4-23,25-26,28,30-39,41-64H2,1-3H3/b27-24-,40-29-. The summed E-state index contributed by atoms with van der Waals surface area (Å²) in [5.74, 6) is -0.864. The minimum absolute atomic E-state index is 0.0723. The molecule has 1 atom stereocenters. The van der Waals surface area contributed by atoms with Crippen LogP contribution < -0.4 is 0 Å². The Morgan fingerprint density at radius 3 is 0.676 bits per heavy atom. The van der Waals surface area contributed by atoms with Gasteiger partial charge in [0.05, 0.1) is 0 Å². The minimum atomic E-state index is -0.776. The third-order valence-electron chi connectivity index (χ3n) is 15.2. The molecule has 0 aliphatic heterocycles. The number of esters is 3. The van der Waals surface area contributed by atoms with Crippen LogP contribution in [0.2, 0.25) is 0 Å². The number of hydrogen-bond donors (Lipinski definition) is 0. The molecule has 0 N–H and O–H groups in total. The van der Waals surface area contributed by atoms with Crippen molar-refractivity contribution in [1.82, 2.24) is 0 Å². The van der Waals surface area contributed by atoms with Crippen LogP contribution in [0.5, 0.6) is 0 Å². The summed E-state index contributed by atoms with van der Waals surface area (Å²) in [5.41, 5.74) is 0. The quantitative estimate of drug-likeness (QED) is 0.0261. The molecule has 0 aliphatic carbocycles. The van der Waals surface area contributed by atoms with Gasteiger partial charge < -0.3 is 14.2 Å². The lowest BCUT2D eigenvalue weighted by molar-refractivity contribution is -0.167. The van der Waals surface area contributed by atoms with Crippen molar-refractivity contribution in [2.75, 3.05) is 13.2 Å². The molecule has 0 saturated heterocycles. The van der Waals surface area contributed by atoms with Gasteiger partial charge in [-0.3, -0.25) is 14.4 Å². The lowest BCUT2D eigenvalue weighted by Crippen LogP contribution is -2.30. The first-order valence-corrected chi connectivity index (χ1v) is 33.3. The molecule has 0 aliphatic rings. The van der Waals surface area contributed by atoms with Crippen LogP contribution in [0.25, 0.3) is 0 Å². The highest BCUT2D eigenvalue weighted by atomic mass is 16.6. The van der Waals surface area contributed by atoms with E-state index in [1.54, 1.807) is 0 Å². The van der Waals surface area contributed by atoms with E-state index in [1.807, 2.05) is 0 Å². The molecule has 0 bridgehead atoms. The number of carbonyl (C=O) groups excluding carboxylic acids is 3. The molecule has 0 saturated carbocycles. The minimum Gasteiger partial charge on any atom is -0.462 e. The van der Waals surface area contributed by atoms with E-state index in [0.29, 0.717) is 19.3 Å². The molecular weight excluding hydrogens is 913 g/mol. The predicted octanol–water partition coefficient (Wildman–Crippen LogP) is 22.6. The Morgan fingerprint density at radius 2 is 0.446 bits per heavy atom. The lowest BCUT2D eigenvalue weighted by atomic mass is 10.0. The molecule has 0 aromatic carbocycles. The van der Waals surface area contributed by atoms with Crippen molar-refractivity contribution in [2.45, 2.75) is 380 Å². The molecule has 6 nitrogen and oxygen atoms in total. The van der Waals surface area contributed by atoms with Gasteiger partial charge in [-0.2, -0.15) is 0 Å². The predicted molar refractivity (Wildman–Crippen MR) is 321 cm³/mol. The van der Waals surface area contributed by atoms with Crippen LogP contribution in [0, 0.1) is 0 Å². The molecule has 0 rings (SSSR count). The van der Waals surface area contributed by atoms with Crippen molar-refractivity contribution in [3.8, 4) is 0 Å². The van der Waals surface area contributed by atoms with Crippen LogP contribution in [0.4, 0.5) is 0 Å². The van der Waals surface area contributed by atoms with Gasteiger partial charge in [-0.25, -0.2) is 0 Å². The highest BCUT2D eigenvalue weighted by Crippen LogP contribution is 2.18. The normalized spacial score (nSPS) is 12.1. The smallest absolute Gasteiger partial charge is 0.306 e. The molecule has 0 heterocycles. The van der Waals surface area contributed by atoms with E-state index < -0.39 is 6.10 Å². The van der Waals surface area contributed by atoms with Crippen LogP contribution in [0.1, 0.15) is 374 Å². The molecule has 74 heavy (non-hydrogen) atoms. The van der Waals surface area contributed by atoms with Gasteiger partial charge in [0.1, 0.15) is 13.2 Å². The maximum atomic E-state index is 12.9. The van der Waals surface area contributed by atoms with E-state index >= 15 is 0 Å². The van der Waals surface area contributed by atoms with Crippen LogP contribution in [-0.2, 0) is 28.6 Å². The van der Waals surface area contributed by atoms with Gasteiger partial charge in [0.2, 0.25) is 0 Å². The van der Waals surface area contributed by atoms with Crippen LogP contribution in [-0.4, -0.2) is 37.2 Å². The van der Waals surface area contributed by atoms with E-state index in [4.69, 9.17) is 14.2 Å². The number of carbonyl (C=O) groups is 3. The molecular formula is C68H128O6. The largest absolute Gasteiger partial charge is 0.462 e. The third-order valence-corrected chi connectivity index (χ3v) is 15.2. The van der Waals surface area contributed by atoms with E-state index in [0.717, 1.165) is 70.6 Å². The summed E-state index contributed by atoms with van der Waals surface area (Å²) in [6.45, 7) is 6.68. The second-order valence-corrected chi connectivity index (χ2v) is 22.7. The number of unbranched alkanes of at least 4 members (excludes halogenated alkanes) is 47. The Balaban J connectivity index is 4.22. The summed E-state index contributed by atoms with van der Waals surface area (Å²) in [5, 5.41) is 0. The van der Waals surface area contributed by atoms with Gasteiger partial charge in [-0.15, -0.1) is 0 Å². The van der Waals surface area contributed by atoms with Crippen LogP contribution in [0.3, 0.4) is 0 Å². The SMILES string of the molecule is CCCCCCC/C=C\CCCCCCCC(=O)OCC(COC(=O)CCCCCCCCCCCCCCCCCCCCCCCCCCCC)OC(=O)CCCCCCC/C=C\CCCCCCCCC. The second kappa shape index (κ2) is 63.4. The highest BCUT2D eigenvalue weighted by molar-refractivity contribution is 5.71. The Hall–Kier alpha value is -2.11. The number of allylic oxidation sites excluding steroid dienone is 4. The van der Waals surface area contributed by atoms with Gasteiger partial charge in [0, 0.05) is 19.3 Å². The fraction of sp³-hybridized carbons (Fsp3) is 0.897. The van der Waals surface area contributed by atoms with Crippen molar-refractivity contribution in [3.05, 3.63) is 24.3 Å². The Morgan fingerprint density at radius 1 is 0.257 bits per heavy atom. The molecule has 436 valence electrons. The summed E-state index contributed by atoms with van der Waals surface area (Å²) in [6.07, 6.45) is 76.3. The average Bonchev–Trinajstić information content (AvgIpc) is 3.40.